The minimum atomic E-state index is -0.983. The van der Waals surface area contributed by atoms with Crippen LogP contribution in [0, 0.1) is 11.3 Å². The van der Waals surface area contributed by atoms with Crippen LogP contribution in [-0.4, -0.2) is 42.3 Å². The van der Waals surface area contributed by atoms with Crippen molar-refractivity contribution in [1.29, 1.82) is 0 Å². The highest BCUT2D eigenvalue weighted by atomic mass is 16.5. The van der Waals surface area contributed by atoms with E-state index in [0.29, 0.717) is 6.54 Å². The smallest absolute Gasteiger partial charge is 0.409 e. The molecule has 1 unspecified atom stereocenters. The highest BCUT2D eigenvalue weighted by Crippen LogP contribution is 2.40. The number of aliphatic carboxylic acids is 1. The lowest BCUT2D eigenvalue weighted by atomic mass is 9.75. The molecule has 1 amide bonds. The summed E-state index contributed by atoms with van der Waals surface area (Å²) in [5, 5.41) is 9.31. The molecular weight excluding hydrogens is 210 g/mol. The van der Waals surface area contributed by atoms with E-state index in [0.717, 1.165) is 0 Å². The van der Waals surface area contributed by atoms with E-state index in [9.17, 15) is 14.7 Å². The molecule has 1 saturated heterocycles. The molecule has 2 rings (SSSR count). The van der Waals surface area contributed by atoms with Gasteiger partial charge < -0.3 is 14.7 Å². The van der Waals surface area contributed by atoms with E-state index < -0.39 is 17.5 Å². The first-order valence-electron chi connectivity index (χ1n) is 5.02. The van der Waals surface area contributed by atoms with Crippen LogP contribution in [0.5, 0.6) is 0 Å². The Hall–Kier alpha value is -1.78. The third-order valence-electron chi connectivity index (χ3n) is 3.21. The van der Waals surface area contributed by atoms with Gasteiger partial charge in [0.05, 0.1) is 7.11 Å². The van der Waals surface area contributed by atoms with Crippen LogP contribution in [0.1, 0.15) is 0 Å². The second-order valence-electron chi connectivity index (χ2n) is 4.05. The molecule has 5 heteroatoms. The molecule has 16 heavy (non-hydrogen) atoms. The molecule has 0 aromatic rings. The van der Waals surface area contributed by atoms with Crippen molar-refractivity contribution in [2.24, 2.45) is 11.3 Å². The number of allylic oxidation sites excluding steroid dienone is 2. The predicted octanol–water partition coefficient (Wildman–Crippen LogP) is 0.882. The fourth-order valence-electron chi connectivity index (χ4n) is 2.30. The molecule has 1 heterocycles. The van der Waals surface area contributed by atoms with Gasteiger partial charge in [0.25, 0.3) is 0 Å². The molecule has 0 bridgehead atoms. The standard InChI is InChI=1S/C11H13NO4/c1-16-10(15)12-6-8-4-2-3-5-11(8,7-12)9(13)14/h2-5,8H,6-7H2,1H3,(H,13,14)/t8-,11?/m0/s1. The Morgan fingerprint density at radius 2 is 2.25 bits per heavy atom. The van der Waals surface area contributed by atoms with Crippen LogP contribution in [0.15, 0.2) is 24.3 Å². The van der Waals surface area contributed by atoms with Gasteiger partial charge in [0, 0.05) is 19.0 Å². The maximum Gasteiger partial charge on any atom is 0.409 e. The number of nitrogens with zero attached hydrogens (tertiary/aromatic N) is 1. The molecule has 86 valence electrons. The number of carbonyl (C=O) groups excluding carboxylic acids is 1. The Balaban J connectivity index is 2.29. The fourth-order valence-corrected chi connectivity index (χ4v) is 2.30. The van der Waals surface area contributed by atoms with Crippen molar-refractivity contribution in [2.75, 3.05) is 20.2 Å². The SMILES string of the molecule is COC(=O)N1C[C@@H]2C=CC=CC2(C(=O)O)C1. The van der Waals surface area contributed by atoms with Crippen molar-refractivity contribution in [1.82, 2.24) is 4.90 Å². The average molecular weight is 223 g/mol. The normalized spacial score (nSPS) is 31.3. The number of likely N-dealkylation sites (tertiary alicyclic amines) is 1. The summed E-state index contributed by atoms with van der Waals surface area (Å²) >= 11 is 0. The van der Waals surface area contributed by atoms with Crippen molar-refractivity contribution >= 4 is 12.1 Å². The van der Waals surface area contributed by atoms with E-state index in [2.05, 4.69) is 4.74 Å². The molecule has 1 N–H and O–H groups in total. The molecule has 0 spiro atoms. The van der Waals surface area contributed by atoms with Crippen molar-refractivity contribution < 1.29 is 19.4 Å². The number of hydrogen-bond donors (Lipinski definition) is 1. The van der Waals surface area contributed by atoms with Crippen LogP contribution < -0.4 is 0 Å². The van der Waals surface area contributed by atoms with E-state index in [1.807, 2.05) is 12.2 Å². The lowest BCUT2D eigenvalue weighted by molar-refractivity contribution is -0.146. The minimum absolute atomic E-state index is 0.167. The van der Waals surface area contributed by atoms with Gasteiger partial charge in [-0.15, -0.1) is 0 Å². The van der Waals surface area contributed by atoms with Crippen LogP contribution in [0.2, 0.25) is 0 Å². The third-order valence-corrected chi connectivity index (χ3v) is 3.21. The van der Waals surface area contributed by atoms with Crippen LogP contribution >= 0.6 is 0 Å². The first-order valence-corrected chi connectivity index (χ1v) is 5.02. The molecule has 0 aromatic heterocycles. The molecule has 2 atom stereocenters. The van der Waals surface area contributed by atoms with Crippen LogP contribution in [0.25, 0.3) is 0 Å². The van der Waals surface area contributed by atoms with Gasteiger partial charge >= 0.3 is 12.1 Å². The number of amides is 1. The van der Waals surface area contributed by atoms with Gasteiger partial charge in [-0.05, 0) is 0 Å². The number of carboxylic acids is 1. The van der Waals surface area contributed by atoms with E-state index in [1.54, 1.807) is 12.2 Å². The maximum absolute atomic E-state index is 11.4. The summed E-state index contributed by atoms with van der Waals surface area (Å²) in [6.45, 7) is 0.556. The number of rotatable bonds is 1. The number of fused-ring (bicyclic) bond motifs is 1. The topological polar surface area (TPSA) is 66.8 Å². The molecule has 0 aromatic carbocycles. The Bertz CT molecular complexity index is 387. The summed E-state index contributed by atoms with van der Waals surface area (Å²) in [4.78, 5) is 24.2. The van der Waals surface area contributed by atoms with E-state index >= 15 is 0 Å². The Kier molecular flexibility index (Phi) is 2.46. The Morgan fingerprint density at radius 1 is 1.50 bits per heavy atom. The van der Waals surface area contributed by atoms with Crippen molar-refractivity contribution in [3.8, 4) is 0 Å². The van der Waals surface area contributed by atoms with Gasteiger partial charge in [0.2, 0.25) is 0 Å². The second-order valence-corrected chi connectivity index (χ2v) is 4.05. The first kappa shape index (κ1) is 10.7. The number of carbonyl (C=O) groups is 2. The highest BCUT2D eigenvalue weighted by Gasteiger charge is 2.51. The Labute approximate surface area is 93.0 Å². The number of hydrogen-bond acceptors (Lipinski definition) is 3. The lowest BCUT2D eigenvalue weighted by Crippen LogP contribution is -2.38. The van der Waals surface area contributed by atoms with Crippen molar-refractivity contribution in [3.05, 3.63) is 24.3 Å². The molecule has 1 aliphatic heterocycles. The van der Waals surface area contributed by atoms with E-state index in [4.69, 9.17) is 0 Å². The van der Waals surface area contributed by atoms with Crippen molar-refractivity contribution in [2.45, 2.75) is 0 Å². The van der Waals surface area contributed by atoms with Gasteiger partial charge in [0.1, 0.15) is 5.41 Å². The summed E-state index contributed by atoms with van der Waals surface area (Å²) in [6.07, 6.45) is 6.54. The fraction of sp³-hybridized carbons (Fsp3) is 0.455. The zero-order valence-corrected chi connectivity index (χ0v) is 8.92. The lowest BCUT2D eigenvalue weighted by Gasteiger charge is -2.26. The second kappa shape index (κ2) is 3.66. The minimum Gasteiger partial charge on any atom is -0.481 e. The van der Waals surface area contributed by atoms with Crippen LogP contribution in [0.4, 0.5) is 4.79 Å². The Morgan fingerprint density at radius 3 is 2.81 bits per heavy atom. The predicted molar refractivity (Wildman–Crippen MR) is 55.8 cm³/mol. The molecule has 0 saturated carbocycles. The van der Waals surface area contributed by atoms with Crippen molar-refractivity contribution in [3.63, 3.8) is 0 Å². The van der Waals surface area contributed by atoms with Gasteiger partial charge in [-0.2, -0.15) is 0 Å². The molecule has 2 aliphatic rings. The summed E-state index contributed by atoms with van der Waals surface area (Å²) < 4.78 is 4.61. The van der Waals surface area contributed by atoms with Gasteiger partial charge in [-0.3, -0.25) is 4.79 Å². The first-order chi connectivity index (χ1) is 7.60. The molecule has 1 fully saturated rings. The van der Waals surface area contributed by atoms with Gasteiger partial charge in [-0.25, -0.2) is 4.79 Å². The third kappa shape index (κ3) is 1.39. The van der Waals surface area contributed by atoms with Crippen LogP contribution in [-0.2, 0) is 9.53 Å². The summed E-state index contributed by atoms with van der Waals surface area (Å²) in [5.74, 6) is -1.07. The summed E-state index contributed by atoms with van der Waals surface area (Å²) in [5.41, 5.74) is -0.983. The molecule has 1 aliphatic carbocycles. The van der Waals surface area contributed by atoms with Gasteiger partial charge in [-0.1, -0.05) is 24.3 Å². The monoisotopic (exact) mass is 223 g/mol. The average Bonchev–Trinajstić information content (AvgIpc) is 2.68. The van der Waals surface area contributed by atoms with Crippen LogP contribution in [0.3, 0.4) is 0 Å². The number of carboxylic acid groups (broad SMARTS) is 1. The van der Waals surface area contributed by atoms with Gasteiger partial charge in [0.15, 0.2) is 0 Å². The zero-order chi connectivity index (χ0) is 11.8. The van der Waals surface area contributed by atoms with E-state index in [-0.39, 0.29) is 12.5 Å². The quantitative estimate of drug-likeness (QED) is 0.716. The number of ether oxygens (including phenoxy) is 1. The summed E-state index contributed by atoms with van der Waals surface area (Å²) in [7, 11) is 1.30. The molecule has 0 radical (unpaired) electrons. The molecule has 5 nitrogen and oxygen atoms in total. The highest BCUT2D eigenvalue weighted by molar-refractivity contribution is 5.81. The number of methoxy groups -OCH3 is 1. The zero-order valence-electron chi connectivity index (χ0n) is 8.92. The largest absolute Gasteiger partial charge is 0.481 e. The molecular formula is C11H13NO4. The maximum atomic E-state index is 11.4. The van der Waals surface area contributed by atoms with E-state index in [1.165, 1.54) is 12.0 Å². The summed E-state index contributed by atoms with van der Waals surface area (Å²) in [6, 6.07) is 0.